The highest BCUT2D eigenvalue weighted by molar-refractivity contribution is 5.93. The molecule has 2 aliphatic rings. The summed E-state index contributed by atoms with van der Waals surface area (Å²) in [6.45, 7) is 4.93. The zero-order valence-electron chi connectivity index (χ0n) is 17.2. The van der Waals surface area contributed by atoms with Gasteiger partial charge in [-0.1, -0.05) is 18.2 Å². The Morgan fingerprint density at radius 1 is 1.34 bits per heavy atom. The van der Waals surface area contributed by atoms with Crippen molar-refractivity contribution in [3.63, 3.8) is 0 Å². The smallest absolute Gasteiger partial charge is 0.270 e. The molecule has 6 nitrogen and oxygen atoms in total. The molecule has 2 aliphatic heterocycles. The van der Waals surface area contributed by atoms with Crippen LogP contribution >= 0.6 is 0 Å². The molecule has 0 aromatic carbocycles. The van der Waals surface area contributed by atoms with E-state index in [0.717, 1.165) is 12.8 Å². The van der Waals surface area contributed by atoms with Crippen molar-refractivity contribution in [3.05, 3.63) is 39.5 Å². The second-order valence-corrected chi connectivity index (χ2v) is 7.10. The summed E-state index contributed by atoms with van der Waals surface area (Å²) in [6.07, 6.45) is 7.29. The van der Waals surface area contributed by atoms with Gasteiger partial charge in [0.25, 0.3) is 5.91 Å². The molecule has 29 heavy (non-hydrogen) atoms. The van der Waals surface area contributed by atoms with Crippen LogP contribution in [0.1, 0.15) is 55.3 Å². The Balaban J connectivity index is 1.94. The van der Waals surface area contributed by atoms with E-state index >= 15 is 4.39 Å². The Morgan fingerprint density at radius 2 is 2.10 bits per heavy atom. The fourth-order valence-corrected chi connectivity index (χ4v) is 3.58. The third-order valence-electron chi connectivity index (χ3n) is 5.25. The van der Waals surface area contributed by atoms with Crippen molar-refractivity contribution in [2.75, 3.05) is 20.3 Å². The zero-order chi connectivity index (χ0) is 20.8. The van der Waals surface area contributed by atoms with E-state index in [1.807, 2.05) is 19.9 Å². The number of halogens is 1. The number of hydrogen-bond acceptors (Lipinski definition) is 5. The number of alkyl halides is 1. The number of amides is 1. The number of carbonyl (C=O) groups is 1. The number of ether oxygens (including phenoxy) is 2. The molecule has 0 spiro atoms. The number of dihydropyridines is 1. The van der Waals surface area contributed by atoms with E-state index in [-0.39, 0.29) is 23.9 Å². The average Bonchev–Trinajstić information content (AvgIpc) is 2.78. The van der Waals surface area contributed by atoms with Crippen LogP contribution in [0, 0.1) is 0 Å². The van der Waals surface area contributed by atoms with Gasteiger partial charge >= 0.3 is 0 Å². The fourth-order valence-electron chi connectivity index (χ4n) is 3.58. The van der Waals surface area contributed by atoms with Crippen molar-refractivity contribution >= 4 is 24.3 Å². The summed E-state index contributed by atoms with van der Waals surface area (Å²) < 4.78 is 26.0. The first kappa shape index (κ1) is 21.3. The van der Waals surface area contributed by atoms with Crippen molar-refractivity contribution in [2.24, 2.45) is 4.99 Å². The number of methoxy groups -OCH3 is 1. The van der Waals surface area contributed by atoms with Crippen LogP contribution in [-0.2, 0) is 9.47 Å². The summed E-state index contributed by atoms with van der Waals surface area (Å²) in [7, 11) is 1.58. The first-order chi connectivity index (χ1) is 14.1. The number of allylic oxidation sites excluding steroid dienone is 1. The molecule has 0 aliphatic carbocycles. The molecule has 1 saturated heterocycles. The molecule has 3 rings (SSSR count). The minimum atomic E-state index is -1.40. The molecule has 1 N–H and O–H groups in total. The summed E-state index contributed by atoms with van der Waals surface area (Å²) in [6, 6.07) is 1.60. The Hall–Kier alpha value is -2.38. The van der Waals surface area contributed by atoms with E-state index < -0.39 is 6.17 Å². The summed E-state index contributed by atoms with van der Waals surface area (Å²) in [5.41, 5.74) is 1.10. The van der Waals surface area contributed by atoms with Crippen molar-refractivity contribution in [1.82, 2.24) is 10.3 Å². The third-order valence-corrected chi connectivity index (χ3v) is 5.25. The molecule has 1 fully saturated rings. The number of nitrogens with one attached hydrogen (secondary N) is 1. The van der Waals surface area contributed by atoms with Gasteiger partial charge in [0.05, 0.1) is 5.35 Å². The van der Waals surface area contributed by atoms with Crippen LogP contribution < -0.4 is 15.9 Å². The standard InChI is InChI=1S/C22H28FN3O3/c1-4-16-17(21(23)14-6-7-20(28-3)24-13-14)12-19(26-18(16)5-2)22(27)25-15-8-10-29-11-9-15/h4-6,12-13,15,20-21H,7-11H2,1-3H3,(H,25,27). The summed E-state index contributed by atoms with van der Waals surface area (Å²) in [4.78, 5) is 21.5. The second-order valence-electron chi connectivity index (χ2n) is 7.10. The van der Waals surface area contributed by atoms with Crippen molar-refractivity contribution in [1.29, 1.82) is 0 Å². The van der Waals surface area contributed by atoms with Crippen LogP contribution in [0.4, 0.5) is 4.39 Å². The van der Waals surface area contributed by atoms with Gasteiger partial charge in [-0.15, -0.1) is 0 Å². The Bertz CT molecular complexity index is 920. The molecule has 1 amide bonds. The van der Waals surface area contributed by atoms with Gasteiger partial charge in [0.2, 0.25) is 0 Å². The molecule has 1 aromatic rings. The van der Waals surface area contributed by atoms with Gasteiger partial charge < -0.3 is 14.8 Å². The fraction of sp³-hybridized carbons (Fsp3) is 0.500. The predicted octanol–water partition coefficient (Wildman–Crippen LogP) is 1.98. The Labute approximate surface area is 170 Å². The monoisotopic (exact) mass is 401 g/mol. The Morgan fingerprint density at radius 3 is 2.69 bits per heavy atom. The van der Waals surface area contributed by atoms with Gasteiger partial charge in [-0.05, 0) is 32.8 Å². The normalized spacial score (nSPS) is 22.5. The highest BCUT2D eigenvalue weighted by Gasteiger charge is 2.23. The van der Waals surface area contributed by atoms with Crippen molar-refractivity contribution in [3.8, 4) is 0 Å². The van der Waals surface area contributed by atoms with E-state index in [1.54, 1.807) is 25.3 Å². The second kappa shape index (κ2) is 9.89. The van der Waals surface area contributed by atoms with Crippen LogP contribution in [-0.4, -0.2) is 49.7 Å². The molecule has 0 saturated carbocycles. The van der Waals surface area contributed by atoms with Gasteiger partial charge in [-0.3, -0.25) is 9.79 Å². The minimum absolute atomic E-state index is 0.0494. The lowest BCUT2D eigenvalue weighted by molar-refractivity contribution is 0.0694. The van der Waals surface area contributed by atoms with Crippen LogP contribution in [0.5, 0.6) is 0 Å². The molecular formula is C22H28FN3O3. The van der Waals surface area contributed by atoms with Crippen LogP contribution in [0.25, 0.3) is 12.2 Å². The molecule has 0 bridgehead atoms. The van der Waals surface area contributed by atoms with Gasteiger partial charge in [0.15, 0.2) is 12.4 Å². The zero-order valence-corrected chi connectivity index (χ0v) is 17.2. The number of aliphatic imine (C=N–C) groups is 1. The number of pyridine rings is 1. The maximum atomic E-state index is 15.5. The highest BCUT2D eigenvalue weighted by atomic mass is 19.1. The largest absolute Gasteiger partial charge is 0.381 e. The molecule has 156 valence electrons. The first-order valence-electron chi connectivity index (χ1n) is 9.99. The van der Waals surface area contributed by atoms with E-state index in [2.05, 4.69) is 15.3 Å². The topological polar surface area (TPSA) is 72.8 Å². The first-order valence-corrected chi connectivity index (χ1v) is 9.99. The molecule has 2 unspecified atom stereocenters. The number of rotatable bonds is 5. The van der Waals surface area contributed by atoms with Crippen LogP contribution in [0.15, 0.2) is 22.7 Å². The number of nitrogens with zero attached hydrogens (tertiary/aromatic N) is 2. The maximum Gasteiger partial charge on any atom is 0.270 e. The molecule has 7 heteroatoms. The predicted molar refractivity (Wildman–Crippen MR) is 111 cm³/mol. The number of aromatic nitrogens is 1. The SMILES string of the molecule is CC=c1nc(C(=O)NC2CCOCC2)cc(C(F)C2=CCC(OC)N=C2)c1=CC. The van der Waals surface area contributed by atoms with E-state index in [0.29, 0.717) is 41.3 Å². The molecule has 1 aromatic heterocycles. The van der Waals surface area contributed by atoms with Crippen molar-refractivity contribution in [2.45, 2.75) is 51.6 Å². The lowest BCUT2D eigenvalue weighted by Crippen LogP contribution is -2.41. The Kier molecular flexibility index (Phi) is 7.28. The third kappa shape index (κ3) is 4.97. The van der Waals surface area contributed by atoms with Gasteiger partial charge in [0, 0.05) is 55.4 Å². The molecule has 3 heterocycles. The van der Waals surface area contributed by atoms with Crippen LogP contribution in [0.3, 0.4) is 0 Å². The van der Waals surface area contributed by atoms with E-state index in [4.69, 9.17) is 9.47 Å². The van der Waals surface area contributed by atoms with Crippen molar-refractivity contribution < 1.29 is 18.7 Å². The molecule has 2 atom stereocenters. The van der Waals surface area contributed by atoms with Gasteiger partial charge in [-0.2, -0.15) is 0 Å². The number of hydrogen-bond donors (Lipinski definition) is 1. The lowest BCUT2D eigenvalue weighted by atomic mass is 9.98. The highest BCUT2D eigenvalue weighted by Crippen LogP contribution is 2.25. The summed E-state index contributed by atoms with van der Waals surface area (Å²) >= 11 is 0. The minimum Gasteiger partial charge on any atom is -0.381 e. The van der Waals surface area contributed by atoms with Crippen LogP contribution in [0.2, 0.25) is 0 Å². The quantitative estimate of drug-likeness (QED) is 0.819. The van der Waals surface area contributed by atoms with Gasteiger partial charge in [0.1, 0.15) is 5.69 Å². The lowest BCUT2D eigenvalue weighted by Gasteiger charge is -2.23. The summed E-state index contributed by atoms with van der Waals surface area (Å²) in [5.74, 6) is -0.290. The average molecular weight is 401 g/mol. The molecule has 0 radical (unpaired) electrons. The number of carbonyl (C=O) groups excluding carboxylic acids is 1. The van der Waals surface area contributed by atoms with E-state index in [1.165, 1.54) is 6.21 Å². The summed E-state index contributed by atoms with van der Waals surface area (Å²) in [5, 5.41) is 4.27. The van der Waals surface area contributed by atoms with Gasteiger partial charge in [-0.25, -0.2) is 9.37 Å². The maximum absolute atomic E-state index is 15.5. The molecular weight excluding hydrogens is 373 g/mol. The van der Waals surface area contributed by atoms with E-state index in [9.17, 15) is 4.79 Å².